The molecule has 0 fully saturated rings. The molecular weight excluding hydrogens is 340 g/mol. The van der Waals surface area contributed by atoms with Crippen LogP contribution >= 0.6 is 15.9 Å². The number of amides is 1. The first-order chi connectivity index (χ1) is 10.5. The summed E-state index contributed by atoms with van der Waals surface area (Å²) in [4.78, 5) is 14.3. The van der Waals surface area contributed by atoms with Gasteiger partial charge in [-0.05, 0) is 23.3 Å². The fourth-order valence-corrected chi connectivity index (χ4v) is 2.90. The largest absolute Gasteiger partial charge is 0.341 e. The maximum atomic E-state index is 12.6. The normalized spacial score (nSPS) is 13.5. The van der Waals surface area contributed by atoms with E-state index >= 15 is 0 Å². The lowest BCUT2D eigenvalue weighted by Crippen LogP contribution is -2.36. The summed E-state index contributed by atoms with van der Waals surface area (Å²) in [6.45, 7) is 2.46. The summed E-state index contributed by atoms with van der Waals surface area (Å²) in [7, 11) is 1.82. The molecule has 2 aromatic carbocycles. The highest BCUT2D eigenvalue weighted by molar-refractivity contribution is 9.10. The lowest BCUT2D eigenvalue weighted by molar-refractivity contribution is -0.134. The van der Waals surface area contributed by atoms with Gasteiger partial charge in [0.05, 0.1) is 5.92 Å². The van der Waals surface area contributed by atoms with Crippen LogP contribution in [0.1, 0.15) is 24.1 Å². The van der Waals surface area contributed by atoms with Crippen molar-refractivity contribution in [3.8, 4) is 0 Å². The number of nitrogens with zero attached hydrogens (tertiary/aromatic N) is 1. The molecule has 0 heterocycles. The first-order valence-electron chi connectivity index (χ1n) is 7.29. The molecule has 0 aromatic heterocycles. The van der Waals surface area contributed by atoms with E-state index in [2.05, 4.69) is 15.9 Å². The minimum Gasteiger partial charge on any atom is -0.341 e. The molecular formula is C18H21BrN2O. The Labute approximate surface area is 140 Å². The number of hydrogen-bond acceptors (Lipinski definition) is 2. The van der Waals surface area contributed by atoms with Gasteiger partial charge in [0.25, 0.3) is 0 Å². The Balaban J connectivity index is 2.03. The summed E-state index contributed by atoms with van der Waals surface area (Å²) in [5, 5.41) is 0. The third-order valence-electron chi connectivity index (χ3n) is 3.80. The van der Waals surface area contributed by atoms with Gasteiger partial charge in [0.1, 0.15) is 0 Å². The molecule has 4 heteroatoms. The minimum absolute atomic E-state index is 0.0522. The standard InChI is InChI=1S/C18H21BrN2O/c1-13(17(20)15-8-4-3-5-9-15)18(22)21(2)12-14-7-6-10-16(19)11-14/h3-11,13,17H,12,20H2,1-2H3. The van der Waals surface area contributed by atoms with Crippen LogP contribution < -0.4 is 5.73 Å². The molecule has 0 spiro atoms. The van der Waals surface area contributed by atoms with Gasteiger partial charge in [0.15, 0.2) is 0 Å². The molecule has 1 amide bonds. The molecule has 3 nitrogen and oxygen atoms in total. The topological polar surface area (TPSA) is 46.3 Å². The Hall–Kier alpha value is -1.65. The zero-order chi connectivity index (χ0) is 16.1. The summed E-state index contributed by atoms with van der Waals surface area (Å²) in [6.07, 6.45) is 0. The van der Waals surface area contributed by atoms with Crippen LogP contribution in [0, 0.1) is 5.92 Å². The predicted molar refractivity (Wildman–Crippen MR) is 93.2 cm³/mol. The van der Waals surface area contributed by atoms with Crippen molar-refractivity contribution in [1.82, 2.24) is 4.90 Å². The van der Waals surface area contributed by atoms with Crippen LogP contribution in [-0.2, 0) is 11.3 Å². The first kappa shape index (κ1) is 16.7. The van der Waals surface area contributed by atoms with Crippen molar-refractivity contribution < 1.29 is 4.79 Å². The van der Waals surface area contributed by atoms with Crippen LogP contribution in [0.15, 0.2) is 59.1 Å². The molecule has 0 radical (unpaired) electrons. The van der Waals surface area contributed by atoms with E-state index in [-0.39, 0.29) is 17.9 Å². The molecule has 0 bridgehead atoms. The Morgan fingerprint density at radius 2 is 1.86 bits per heavy atom. The number of benzene rings is 2. The highest BCUT2D eigenvalue weighted by Crippen LogP contribution is 2.21. The van der Waals surface area contributed by atoms with Crippen LogP contribution in [0.4, 0.5) is 0 Å². The van der Waals surface area contributed by atoms with Crippen LogP contribution in [0.5, 0.6) is 0 Å². The first-order valence-corrected chi connectivity index (χ1v) is 8.08. The Bertz CT molecular complexity index is 630. The number of nitrogens with two attached hydrogens (primary N) is 1. The second-order valence-electron chi connectivity index (χ2n) is 5.55. The molecule has 0 aliphatic rings. The molecule has 0 saturated carbocycles. The summed E-state index contributed by atoms with van der Waals surface area (Å²) < 4.78 is 1.01. The molecule has 0 aliphatic carbocycles. The number of rotatable bonds is 5. The predicted octanol–water partition coefficient (Wildman–Crippen LogP) is 3.74. The van der Waals surface area contributed by atoms with Crippen LogP contribution in [-0.4, -0.2) is 17.9 Å². The fourth-order valence-electron chi connectivity index (χ4n) is 2.45. The van der Waals surface area contributed by atoms with Crippen LogP contribution in [0.3, 0.4) is 0 Å². The molecule has 2 aromatic rings. The molecule has 0 aliphatic heterocycles. The number of carbonyl (C=O) groups excluding carboxylic acids is 1. The zero-order valence-electron chi connectivity index (χ0n) is 12.9. The summed E-state index contributed by atoms with van der Waals surface area (Å²) in [6, 6.07) is 17.4. The lowest BCUT2D eigenvalue weighted by atomic mass is 9.94. The van der Waals surface area contributed by atoms with Crippen molar-refractivity contribution in [3.63, 3.8) is 0 Å². The van der Waals surface area contributed by atoms with Gasteiger partial charge in [-0.2, -0.15) is 0 Å². The van der Waals surface area contributed by atoms with Gasteiger partial charge < -0.3 is 10.6 Å². The quantitative estimate of drug-likeness (QED) is 0.882. The van der Waals surface area contributed by atoms with Gasteiger partial charge in [-0.25, -0.2) is 0 Å². The Morgan fingerprint density at radius 3 is 2.50 bits per heavy atom. The molecule has 2 atom stereocenters. The Morgan fingerprint density at radius 1 is 1.18 bits per heavy atom. The molecule has 2 rings (SSSR count). The zero-order valence-corrected chi connectivity index (χ0v) is 14.5. The second kappa shape index (κ2) is 7.56. The average Bonchev–Trinajstić information content (AvgIpc) is 2.53. The third-order valence-corrected chi connectivity index (χ3v) is 4.29. The van der Waals surface area contributed by atoms with Crippen LogP contribution in [0.2, 0.25) is 0 Å². The molecule has 0 saturated heterocycles. The van der Waals surface area contributed by atoms with Gasteiger partial charge in [0, 0.05) is 24.1 Å². The monoisotopic (exact) mass is 360 g/mol. The molecule has 22 heavy (non-hydrogen) atoms. The van der Waals surface area contributed by atoms with E-state index < -0.39 is 0 Å². The lowest BCUT2D eigenvalue weighted by Gasteiger charge is -2.25. The van der Waals surface area contributed by atoms with E-state index in [4.69, 9.17) is 5.73 Å². The van der Waals surface area contributed by atoms with Crippen molar-refractivity contribution in [3.05, 3.63) is 70.2 Å². The Kier molecular flexibility index (Phi) is 5.75. The van der Waals surface area contributed by atoms with E-state index in [1.807, 2.05) is 68.6 Å². The molecule has 116 valence electrons. The van der Waals surface area contributed by atoms with Gasteiger partial charge >= 0.3 is 0 Å². The number of hydrogen-bond donors (Lipinski definition) is 1. The number of halogens is 1. The van der Waals surface area contributed by atoms with Gasteiger partial charge in [-0.1, -0.05) is 65.3 Å². The van der Waals surface area contributed by atoms with Crippen molar-refractivity contribution in [2.45, 2.75) is 19.5 Å². The van der Waals surface area contributed by atoms with E-state index in [9.17, 15) is 4.79 Å². The van der Waals surface area contributed by atoms with Gasteiger partial charge in [-0.15, -0.1) is 0 Å². The minimum atomic E-state index is -0.293. The van der Waals surface area contributed by atoms with Gasteiger partial charge in [-0.3, -0.25) is 4.79 Å². The van der Waals surface area contributed by atoms with Crippen molar-refractivity contribution in [2.75, 3.05) is 7.05 Å². The van der Waals surface area contributed by atoms with E-state index in [0.717, 1.165) is 15.6 Å². The van der Waals surface area contributed by atoms with E-state index in [1.165, 1.54) is 0 Å². The molecule has 2 unspecified atom stereocenters. The maximum Gasteiger partial charge on any atom is 0.227 e. The van der Waals surface area contributed by atoms with Gasteiger partial charge in [0.2, 0.25) is 5.91 Å². The van der Waals surface area contributed by atoms with Crippen molar-refractivity contribution >= 4 is 21.8 Å². The SMILES string of the molecule is CC(C(=O)N(C)Cc1cccc(Br)c1)C(N)c1ccccc1. The molecule has 2 N–H and O–H groups in total. The summed E-state index contributed by atoms with van der Waals surface area (Å²) in [5.74, 6) is -0.212. The third kappa shape index (κ3) is 4.18. The van der Waals surface area contributed by atoms with Crippen molar-refractivity contribution in [2.24, 2.45) is 11.7 Å². The maximum absolute atomic E-state index is 12.6. The van der Waals surface area contributed by atoms with E-state index in [1.54, 1.807) is 4.90 Å². The average molecular weight is 361 g/mol. The summed E-state index contributed by atoms with van der Waals surface area (Å²) >= 11 is 3.45. The summed E-state index contributed by atoms with van der Waals surface area (Å²) in [5.41, 5.74) is 8.31. The highest BCUT2D eigenvalue weighted by atomic mass is 79.9. The van der Waals surface area contributed by atoms with E-state index in [0.29, 0.717) is 6.54 Å². The number of carbonyl (C=O) groups is 1. The fraction of sp³-hybridized carbons (Fsp3) is 0.278. The van der Waals surface area contributed by atoms with Crippen molar-refractivity contribution in [1.29, 1.82) is 0 Å². The van der Waals surface area contributed by atoms with Crippen LogP contribution in [0.25, 0.3) is 0 Å². The second-order valence-corrected chi connectivity index (χ2v) is 6.47. The smallest absolute Gasteiger partial charge is 0.227 e. The highest BCUT2D eigenvalue weighted by Gasteiger charge is 2.24.